The van der Waals surface area contributed by atoms with Crippen molar-refractivity contribution in [1.82, 2.24) is 5.32 Å². The predicted octanol–water partition coefficient (Wildman–Crippen LogP) is 2.14. The van der Waals surface area contributed by atoms with Crippen LogP contribution in [0.2, 0.25) is 0 Å². The zero-order chi connectivity index (χ0) is 17.2. The highest BCUT2D eigenvalue weighted by Crippen LogP contribution is 2.12. The quantitative estimate of drug-likeness (QED) is 0.593. The van der Waals surface area contributed by atoms with Gasteiger partial charge in [-0.25, -0.2) is 0 Å². The summed E-state index contributed by atoms with van der Waals surface area (Å²) in [4.78, 5) is 23.6. The van der Waals surface area contributed by atoms with Crippen LogP contribution in [0.3, 0.4) is 0 Å². The highest BCUT2D eigenvalue weighted by molar-refractivity contribution is 5.96. The average Bonchev–Trinajstić information content (AvgIpc) is 2.64. The maximum absolute atomic E-state index is 12.0. The molecule has 0 saturated carbocycles. The first-order valence-corrected chi connectivity index (χ1v) is 7.38. The summed E-state index contributed by atoms with van der Waals surface area (Å²) in [5.41, 5.74) is 1.32. The van der Waals surface area contributed by atoms with Gasteiger partial charge >= 0.3 is 5.97 Å². The number of nitrogens with one attached hydrogen (secondary N) is 1. The zero-order valence-electron chi connectivity index (χ0n) is 13.4. The first-order valence-electron chi connectivity index (χ1n) is 7.38. The molecular formula is C18H19NO5. The molecule has 2 rings (SSSR count). The van der Waals surface area contributed by atoms with Crippen molar-refractivity contribution in [1.29, 1.82) is 0 Å². The van der Waals surface area contributed by atoms with E-state index in [1.165, 1.54) is 7.11 Å². The number of carbonyl (C=O) groups excluding carboxylic acids is 2. The molecule has 24 heavy (non-hydrogen) atoms. The Balaban J connectivity index is 1.74. The Morgan fingerprint density at radius 2 is 1.71 bits per heavy atom. The van der Waals surface area contributed by atoms with E-state index in [1.807, 2.05) is 30.3 Å². The average molecular weight is 329 g/mol. The van der Waals surface area contributed by atoms with Crippen LogP contribution in [0.25, 0.3) is 0 Å². The summed E-state index contributed by atoms with van der Waals surface area (Å²) in [6.07, 6.45) is 0. The summed E-state index contributed by atoms with van der Waals surface area (Å²) in [5.74, 6) is -0.257. The summed E-state index contributed by atoms with van der Waals surface area (Å²) in [6.45, 7) is 0.132. The number of methoxy groups -OCH3 is 1. The second-order valence-corrected chi connectivity index (χ2v) is 4.90. The predicted molar refractivity (Wildman–Crippen MR) is 87.5 cm³/mol. The number of rotatable bonds is 8. The molecule has 0 spiro atoms. The lowest BCUT2D eigenvalue weighted by Crippen LogP contribution is -2.30. The molecule has 0 radical (unpaired) electrons. The Labute approximate surface area is 140 Å². The second kappa shape index (κ2) is 9.32. The van der Waals surface area contributed by atoms with Gasteiger partial charge in [-0.05, 0) is 29.8 Å². The molecule has 126 valence electrons. The maximum atomic E-state index is 12.0. The van der Waals surface area contributed by atoms with E-state index in [0.717, 1.165) is 5.56 Å². The standard InChI is InChI=1S/C18H19NO5/c1-22-13-24-16-9-7-15(8-10-16)18(21)19-11-17(20)23-12-14-5-3-2-4-6-14/h2-10H,11-13H2,1H3,(H,19,21). The summed E-state index contributed by atoms with van der Waals surface area (Å²) in [7, 11) is 1.53. The van der Waals surface area contributed by atoms with Gasteiger partial charge in [0.05, 0.1) is 0 Å². The van der Waals surface area contributed by atoms with Gasteiger partial charge < -0.3 is 19.5 Å². The van der Waals surface area contributed by atoms with Crippen LogP contribution in [-0.2, 0) is 20.9 Å². The highest BCUT2D eigenvalue weighted by atomic mass is 16.7. The van der Waals surface area contributed by atoms with E-state index in [2.05, 4.69) is 5.32 Å². The fraction of sp³-hybridized carbons (Fsp3) is 0.222. The van der Waals surface area contributed by atoms with Crippen LogP contribution in [0, 0.1) is 0 Å². The molecule has 0 heterocycles. The van der Waals surface area contributed by atoms with Crippen LogP contribution < -0.4 is 10.1 Å². The minimum Gasteiger partial charge on any atom is -0.468 e. The molecule has 6 heteroatoms. The van der Waals surface area contributed by atoms with Gasteiger partial charge in [-0.3, -0.25) is 9.59 Å². The molecule has 0 bridgehead atoms. The van der Waals surface area contributed by atoms with Gasteiger partial charge in [0.15, 0.2) is 6.79 Å². The van der Waals surface area contributed by atoms with E-state index in [4.69, 9.17) is 14.2 Å². The highest BCUT2D eigenvalue weighted by Gasteiger charge is 2.09. The SMILES string of the molecule is COCOc1ccc(C(=O)NCC(=O)OCc2ccccc2)cc1. The normalized spacial score (nSPS) is 10.0. The number of carbonyl (C=O) groups is 2. The smallest absolute Gasteiger partial charge is 0.325 e. The molecule has 1 amide bonds. The number of benzene rings is 2. The monoisotopic (exact) mass is 329 g/mol. The molecule has 0 saturated heterocycles. The number of hydrogen-bond donors (Lipinski definition) is 1. The summed E-state index contributed by atoms with van der Waals surface area (Å²) in [6, 6.07) is 15.9. The molecule has 0 fully saturated rings. The molecule has 0 atom stereocenters. The molecular weight excluding hydrogens is 310 g/mol. The van der Waals surface area contributed by atoms with Crippen molar-refractivity contribution in [2.45, 2.75) is 6.61 Å². The van der Waals surface area contributed by atoms with Gasteiger partial charge in [0.25, 0.3) is 5.91 Å². The van der Waals surface area contributed by atoms with Gasteiger partial charge in [-0.2, -0.15) is 0 Å². The van der Waals surface area contributed by atoms with Crippen LogP contribution in [0.4, 0.5) is 0 Å². The number of amides is 1. The van der Waals surface area contributed by atoms with Crippen molar-refractivity contribution in [3.63, 3.8) is 0 Å². The minimum absolute atomic E-state index is 0.138. The Bertz CT molecular complexity index is 655. The summed E-state index contributed by atoms with van der Waals surface area (Å²) < 4.78 is 15.1. The van der Waals surface area contributed by atoms with Crippen LogP contribution in [-0.4, -0.2) is 32.3 Å². The maximum Gasteiger partial charge on any atom is 0.325 e. The molecule has 2 aromatic rings. The largest absolute Gasteiger partial charge is 0.468 e. The molecule has 0 unspecified atom stereocenters. The van der Waals surface area contributed by atoms with Crippen molar-refractivity contribution in [2.75, 3.05) is 20.4 Å². The Kier molecular flexibility index (Phi) is 6.79. The van der Waals surface area contributed by atoms with Crippen molar-refractivity contribution in [3.05, 3.63) is 65.7 Å². The van der Waals surface area contributed by atoms with Gasteiger partial charge in [0.1, 0.15) is 18.9 Å². The van der Waals surface area contributed by atoms with Gasteiger partial charge in [0.2, 0.25) is 0 Å². The lowest BCUT2D eigenvalue weighted by molar-refractivity contribution is -0.143. The van der Waals surface area contributed by atoms with Crippen LogP contribution in [0.1, 0.15) is 15.9 Å². The minimum atomic E-state index is -0.493. The van der Waals surface area contributed by atoms with Crippen molar-refractivity contribution < 1.29 is 23.8 Å². The molecule has 2 aromatic carbocycles. The third-order valence-electron chi connectivity index (χ3n) is 3.10. The van der Waals surface area contributed by atoms with Crippen LogP contribution in [0.15, 0.2) is 54.6 Å². The molecule has 0 aliphatic heterocycles. The number of ether oxygens (including phenoxy) is 3. The lowest BCUT2D eigenvalue weighted by atomic mass is 10.2. The molecule has 1 N–H and O–H groups in total. The van der Waals surface area contributed by atoms with E-state index >= 15 is 0 Å². The first-order chi connectivity index (χ1) is 11.7. The van der Waals surface area contributed by atoms with Crippen LogP contribution in [0.5, 0.6) is 5.75 Å². The van der Waals surface area contributed by atoms with Gasteiger partial charge in [0, 0.05) is 12.7 Å². The molecule has 0 aliphatic carbocycles. The van der Waals surface area contributed by atoms with Gasteiger partial charge in [-0.1, -0.05) is 30.3 Å². The van der Waals surface area contributed by atoms with Crippen molar-refractivity contribution >= 4 is 11.9 Å². The van der Waals surface area contributed by atoms with Gasteiger partial charge in [-0.15, -0.1) is 0 Å². The second-order valence-electron chi connectivity index (χ2n) is 4.90. The summed E-state index contributed by atoms with van der Waals surface area (Å²) >= 11 is 0. The topological polar surface area (TPSA) is 73.9 Å². The molecule has 0 aromatic heterocycles. The third kappa shape index (κ3) is 5.73. The Morgan fingerprint density at radius 3 is 2.38 bits per heavy atom. The lowest BCUT2D eigenvalue weighted by Gasteiger charge is -2.08. The van der Waals surface area contributed by atoms with E-state index in [1.54, 1.807) is 24.3 Å². The third-order valence-corrected chi connectivity index (χ3v) is 3.10. The van der Waals surface area contributed by atoms with E-state index in [-0.39, 0.29) is 25.9 Å². The van der Waals surface area contributed by atoms with Crippen molar-refractivity contribution in [2.24, 2.45) is 0 Å². The Hall–Kier alpha value is -2.86. The Morgan fingerprint density at radius 1 is 1.00 bits per heavy atom. The van der Waals surface area contributed by atoms with E-state index in [0.29, 0.717) is 11.3 Å². The van der Waals surface area contributed by atoms with E-state index < -0.39 is 5.97 Å². The first kappa shape index (κ1) is 17.5. The number of esters is 1. The van der Waals surface area contributed by atoms with Crippen LogP contribution >= 0.6 is 0 Å². The fourth-order valence-corrected chi connectivity index (χ4v) is 1.87. The van der Waals surface area contributed by atoms with E-state index in [9.17, 15) is 9.59 Å². The fourth-order valence-electron chi connectivity index (χ4n) is 1.87. The molecule has 0 aliphatic rings. The van der Waals surface area contributed by atoms with Crippen molar-refractivity contribution in [3.8, 4) is 5.75 Å². The molecule has 6 nitrogen and oxygen atoms in total. The zero-order valence-corrected chi connectivity index (χ0v) is 13.4. The number of hydrogen-bond acceptors (Lipinski definition) is 5. The summed E-state index contributed by atoms with van der Waals surface area (Å²) in [5, 5.41) is 2.52.